The minimum atomic E-state index is -1.17. The fourth-order valence-electron chi connectivity index (χ4n) is 16.6. The zero-order valence-corrected chi connectivity index (χ0v) is 58.0. The standard InChI is InChI=1S/C73H101N7O21/c1-41-27-48-12-14-54-42(2)28-50(94-54)18-20-73-34-59-68(100-73)69-70(99-59)71(101-73)67-55(98-69)15-13-49(96-67)30-46(81)31-51-57(33-56(95-48)43(41)3)97-58(66(51)91-4)32-47(82)35-74-62(86)37-77-72(90)52(29-44-9-6-5-7-10-44)78-63(87)38-76-61(85)36-75-60(84)19-22-79-23-25-92-39-45(40-93-26-24-79)53(83)11-8-21-80-64(88)16-17-65(80)89/h5-7,9-10,16-17,41,45,47-52,54-59,66-71,82H,2-3,8,11-15,18-40H2,1,4H3,(H,74,86)(H,75,84)(H,76,85)(H,77,90)(H,78,87)/t41-,47+,48+,49-,50+,51+,52+,54+,55+,56-,57+,58-,59-,66-,67+,68+,69?,70?,71+,73+/m1/s1. The van der Waals surface area contributed by atoms with E-state index in [0.717, 1.165) is 48.2 Å². The van der Waals surface area contributed by atoms with Crippen LogP contribution in [0.3, 0.4) is 0 Å². The summed E-state index contributed by atoms with van der Waals surface area (Å²) in [6.07, 6.45) is 3.83. The van der Waals surface area contributed by atoms with Crippen molar-refractivity contribution in [2.24, 2.45) is 17.8 Å². The Bertz CT molecular complexity index is 3180. The third-order valence-electron chi connectivity index (χ3n) is 22.0. The number of fused-ring (bicyclic) bond motifs is 6. The summed E-state index contributed by atoms with van der Waals surface area (Å²) in [5, 5.41) is 24.6. The maximum absolute atomic E-state index is 14.6. The lowest BCUT2D eigenvalue weighted by molar-refractivity contribution is -0.292. The van der Waals surface area contributed by atoms with Gasteiger partial charge in [-0.15, -0.1) is 0 Å². The highest BCUT2D eigenvalue weighted by atomic mass is 16.8. The first-order chi connectivity index (χ1) is 48.7. The van der Waals surface area contributed by atoms with Gasteiger partial charge in [0.1, 0.15) is 48.1 Å². The molecule has 12 aliphatic rings. The van der Waals surface area contributed by atoms with Gasteiger partial charge in [0.25, 0.3) is 11.8 Å². The molecular formula is C73H101N7O21. The van der Waals surface area contributed by atoms with Crippen LogP contribution in [0.4, 0.5) is 0 Å². The lowest BCUT2D eigenvalue weighted by Crippen LogP contribution is -2.61. The number of hydrogen-bond acceptors (Lipinski definition) is 22. The third kappa shape index (κ3) is 18.8. The number of methoxy groups -OCH3 is 1. The van der Waals surface area contributed by atoms with Crippen LogP contribution in [0.15, 0.2) is 66.8 Å². The molecule has 101 heavy (non-hydrogen) atoms. The van der Waals surface area contributed by atoms with Gasteiger partial charge in [-0.2, -0.15) is 0 Å². The fourth-order valence-corrected chi connectivity index (χ4v) is 16.6. The van der Waals surface area contributed by atoms with Crippen LogP contribution >= 0.6 is 0 Å². The number of ether oxygens (including phenoxy) is 11. The number of imide groups is 1. The van der Waals surface area contributed by atoms with E-state index in [4.69, 9.17) is 52.1 Å². The number of rotatable bonds is 23. The Morgan fingerprint density at radius 3 is 2.13 bits per heavy atom. The zero-order valence-electron chi connectivity index (χ0n) is 58.0. The average Bonchev–Trinajstić information content (AvgIpc) is 1.55. The highest BCUT2D eigenvalue weighted by molar-refractivity contribution is 6.12. The Labute approximate surface area is 589 Å². The second-order valence-electron chi connectivity index (χ2n) is 29.2. The van der Waals surface area contributed by atoms with Crippen molar-refractivity contribution in [3.63, 3.8) is 0 Å². The number of amides is 7. The molecule has 12 heterocycles. The minimum absolute atomic E-state index is 0.0213. The van der Waals surface area contributed by atoms with E-state index in [1.165, 1.54) is 12.2 Å². The summed E-state index contributed by atoms with van der Waals surface area (Å²) in [6.45, 7) is 11.7. The summed E-state index contributed by atoms with van der Waals surface area (Å²) in [5.41, 5.74) is 2.72. The van der Waals surface area contributed by atoms with E-state index in [9.17, 15) is 48.3 Å². The van der Waals surface area contributed by atoms with Gasteiger partial charge in [-0.25, -0.2) is 0 Å². The summed E-state index contributed by atoms with van der Waals surface area (Å²) in [6, 6.07) is 7.74. The van der Waals surface area contributed by atoms with Gasteiger partial charge in [-0.05, 0) is 74.0 Å². The number of aliphatic hydroxyl groups is 1. The first-order valence-corrected chi connectivity index (χ1v) is 36.5. The van der Waals surface area contributed by atoms with Crippen molar-refractivity contribution >= 4 is 52.9 Å². The highest BCUT2D eigenvalue weighted by Crippen LogP contribution is 2.54. The van der Waals surface area contributed by atoms with Gasteiger partial charge in [0.15, 0.2) is 5.79 Å². The van der Waals surface area contributed by atoms with E-state index >= 15 is 0 Å². The summed E-state index contributed by atoms with van der Waals surface area (Å²) >= 11 is 0. The lowest BCUT2D eigenvalue weighted by Gasteiger charge is -2.47. The number of aliphatic hydroxyl groups excluding tert-OH is 1. The van der Waals surface area contributed by atoms with Crippen molar-refractivity contribution in [3.05, 3.63) is 72.4 Å². The number of nitrogens with one attached hydrogen (secondary N) is 5. The molecule has 0 aromatic heterocycles. The van der Waals surface area contributed by atoms with Gasteiger partial charge in [0, 0.05) is 116 Å². The maximum atomic E-state index is 14.6. The summed E-state index contributed by atoms with van der Waals surface area (Å²) < 4.78 is 72.4. The van der Waals surface area contributed by atoms with E-state index in [1.807, 2.05) is 4.90 Å². The van der Waals surface area contributed by atoms with Crippen molar-refractivity contribution in [1.82, 2.24) is 36.4 Å². The predicted octanol–water partition coefficient (Wildman–Crippen LogP) is 1.30. The number of Topliss-reactive ketones (excluding diaryl/α,β-unsaturated/α-hetero) is 2. The number of benzene rings is 1. The molecule has 28 nitrogen and oxygen atoms in total. The molecule has 1 aromatic carbocycles. The topological polar surface area (TPSA) is 342 Å². The molecule has 7 amide bonds. The van der Waals surface area contributed by atoms with Crippen molar-refractivity contribution < 1.29 is 100 Å². The average molecular weight is 1410 g/mol. The van der Waals surface area contributed by atoms with Crippen LogP contribution in [0.1, 0.15) is 115 Å². The van der Waals surface area contributed by atoms with Crippen LogP contribution in [0.5, 0.6) is 0 Å². The summed E-state index contributed by atoms with van der Waals surface area (Å²) in [7, 11) is 1.57. The van der Waals surface area contributed by atoms with Crippen molar-refractivity contribution in [2.45, 2.75) is 226 Å². The van der Waals surface area contributed by atoms with E-state index in [1.54, 1.807) is 37.4 Å². The monoisotopic (exact) mass is 1410 g/mol. The smallest absolute Gasteiger partial charge is 0.253 e. The highest BCUT2D eigenvalue weighted by Gasteiger charge is 2.69. The van der Waals surface area contributed by atoms with Crippen LogP contribution in [-0.2, 0) is 102 Å². The molecule has 13 rings (SSSR count). The Morgan fingerprint density at radius 2 is 1.36 bits per heavy atom. The minimum Gasteiger partial charge on any atom is -0.391 e. The van der Waals surface area contributed by atoms with Crippen LogP contribution in [0.25, 0.3) is 0 Å². The number of carbonyl (C=O) groups is 9. The van der Waals surface area contributed by atoms with Crippen molar-refractivity contribution in [1.29, 1.82) is 0 Å². The second-order valence-corrected chi connectivity index (χ2v) is 29.2. The number of carbonyl (C=O) groups excluding carboxylic acids is 9. The van der Waals surface area contributed by atoms with Gasteiger partial charge in [0.2, 0.25) is 29.5 Å². The molecule has 20 atom stereocenters. The van der Waals surface area contributed by atoms with Gasteiger partial charge in [-0.3, -0.25) is 53.0 Å². The Kier molecular flexibility index (Phi) is 25.2. The summed E-state index contributed by atoms with van der Waals surface area (Å²) in [4.78, 5) is 120. The molecule has 1 spiro atoms. The first-order valence-electron chi connectivity index (χ1n) is 36.5. The molecule has 554 valence electrons. The van der Waals surface area contributed by atoms with Gasteiger partial charge in [0.05, 0.1) is 119 Å². The summed E-state index contributed by atoms with van der Waals surface area (Å²) in [5.74, 6) is -5.62. The first kappa shape index (κ1) is 74.5. The quantitative estimate of drug-likeness (QED) is 0.0664. The molecule has 0 aliphatic carbocycles. The molecule has 0 radical (unpaired) electrons. The molecule has 1 aromatic rings. The number of ketones is 2. The van der Waals surface area contributed by atoms with E-state index in [0.29, 0.717) is 76.9 Å². The molecular weight excluding hydrogens is 1310 g/mol. The normalized spacial score (nSPS) is 35.1. The fraction of sp³-hybridized carbons (Fsp3) is 0.712. The van der Waals surface area contributed by atoms with Gasteiger partial charge >= 0.3 is 0 Å². The van der Waals surface area contributed by atoms with Crippen LogP contribution in [0, 0.1) is 17.8 Å². The van der Waals surface area contributed by atoms with E-state index in [-0.39, 0.29) is 137 Å². The molecule has 6 N–H and O–H groups in total. The molecule has 11 fully saturated rings. The second kappa shape index (κ2) is 34.1. The van der Waals surface area contributed by atoms with Crippen LogP contribution in [0.2, 0.25) is 0 Å². The molecule has 11 saturated heterocycles. The largest absolute Gasteiger partial charge is 0.391 e. The Morgan fingerprint density at radius 1 is 0.673 bits per heavy atom. The Hall–Kier alpha value is -6.25. The number of hydrogen-bond donors (Lipinski definition) is 6. The molecule has 12 bridgehead atoms. The molecule has 0 saturated carbocycles. The van der Waals surface area contributed by atoms with Crippen LogP contribution in [-0.4, -0.2) is 263 Å². The zero-order chi connectivity index (χ0) is 70.9. The van der Waals surface area contributed by atoms with Crippen LogP contribution < -0.4 is 26.6 Å². The van der Waals surface area contributed by atoms with E-state index < -0.39 is 127 Å². The third-order valence-corrected chi connectivity index (χ3v) is 22.0. The van der Waals surface area contributed by atoms with Crippen molar-refractivity contribution in [3.8, 4) is 0 Å². The van der Waals surface area contributed by atoms with Gasteiger partial charge < -0.3 is 83.8 Å². The van der Waals surface area contributed by atoms with Crippen molar-refractivity contribution in [2.75, 3.05) is 85.9 Å². The SMILES string of the molecule is C=C1C[C@@H]2CC[C@@]34C[C@H]5OC6C(O[C@H]7CC[C@H](CC(=O)C[C@@H]8[C@@H](OC)[C@@H](C[C@H](O)CNC(=O)CNC(=O)[C@H](Cc9ccccc9)NC(=O)CNC(=O)CNC(=O)CCN9CCOCC(C(=O)CCCN%10C(=O)C=CC%10=O)COCC9)O[C@H]8C[C@H]8O[C@@H](CC[C@@H]1O2)C[C@@H](C)C8=C)O[C@@H]7[C@@H]6O3)[C@H]5O4. The molecule has 28 heteroatoms. The lowest BCUT2D eigenvalue weighted by atomic mass is 9.81. The van der Waals surface area contributed by atoms with E-state index in [2.05, 4.69) is 46.7 Å². The maximum Gasteiger partial charge on any atom is 0.253 e. The predicted molar refractivity (Wildman–Crippen MR) is 358 cm³/mol. The molecule has 2 unspecified atom stereocenters. The Balaban J connectivity index is 0.595. The van der Waals surface area contributed by atoms with Gasteiger partial charge in [-0.1, -0.05) is 50.4 Å². The number of nitrogens with zero attached hydrogens (tertiary/aromatic N) is 2. The molecule has 12 aliphatic heterocycles.